The molecule has 2 heterocycles. The molecule has 0 unspecified atom stereocenters. The molecule has 1 saturated heterocycles. The van der Waals surface area contributed by atoms with Crippen LogP contribution in [0, 0.1) is 35.7 Å². The number of phosphoric acid groups is 1. The molecule has 0 spiro atoms. The summed E-state index contributed by atoms with van der Waals surface area (Å²) in [5.41, 5.74) is -1.24. The van der Waals surface area contributed by atoms with Crippen molar-refractivity contribution in [3.63, 3.8) is 0 Å². The Kier molecular flexibility index (Phi) is 18.1. The van der Waals surface area contributed by atoms with E-state index in [1.54, 1.807) is 38.1 Å². The van der Waals surface area contributed by atoms with Crippen LogP contribution >= 0.6 is 19.6 Å². The van der Waals surface area contributed by atoms with E-state index in [9.17, 15) is 27.9 Å². The van der Waals surface area contributed by atoms with Gasteiger partial charge in [0, 0.05) is 22.4 Å². The zero-order valence-corrected chi connectivity index (χ0v) is 36.0. The number of carbonyl (C=O) groups excluding carboxylic acids is 1. The summed E-state index contributed by atoms with van der Waals surface area (Å²) >= 11 is 1.25. The summed E-state index contributed by atoms with van der Waals surface area (Å²) in [6.45, 7) is 2.54. The number of benzene rings is 3. The number of nitrogens with zero attached hydrogens (tertiary/aromatic N) is 4. The molecule has 0 aliphatic carbocycles. The van der Waals surface area contributed by atoms with Gasteiger partial charge in [-0.15, -0.1) is 11.8 Å². The number of hydrogen-bond donors (Lipinski definition) is 0. The molecule has 0 N–H and O–H groups in total. The summed E-state index contributed by atoms with van der Waals surface area (Å²) in [5.74, 6) is -3.42. The Morgan fingerprint density at radius 3 is 2.51 bits per heavy atom. The minimum Gasteiger partial charge on any atom is -0.790 e. The molecule has 1 fully saturated rings. The van der Waals surface area contributed by atoms with E-state index in [0.29, 0.717) is 17.2 Å². The number of phosphoric ester groups is 1. The number of rotatable bonds is 14. The van der Waals surface area contributed by atoms with Crippen molar-refractivity contribution in [2.24, 2.45) is 0 Å². The largest absolute Gasteiger partial charge is 1.00 e. The zero-order chi connectivity index (χ0) is 38.2. The molecule has 0 saturated carbocycles. The standard InChI is InChI=1S/C36H34F3N4O8PS.2Na/c1-23-6-5-8-29(30(23)19-50-52(45,46)47)35(44)51-36(20-43-22-41-21-42-43,31-13-12-27(37)15-33(31)39)24(2)53-28-17-48-34(49-18-28)9-4-3-7-26-11-10-25(16-40)14-32(26)38;;/h3-15,21-22,24,28,34H,17-20H2,1-2H3,(H2,45,46,47);;/q;2*+1/p-2/b7-3+,9-4+;;/t24-,28-,34-,36-;;/m1../s1. The van der Waals surface area contributed by atoms with Crippen LogP contribution in [0.25, 0.3) is 6.08 Å². The van der Waals surface area contributed by atoms with E-state index in [4.69, 9.17) is 19.5 Å². The predicted octanol–water partition coefficient (Wildman–Crippen LogP) is -0.886. The first kappa shape index (κ1) is 46.8. The van der Waals surface area contributed by atoms with Gasteiger partial charge in [0.05, 0.1) is 56.6 Å². The van der Waals surface area contributed by atoms with E-state index in [0.717, 1.165) is 12.1 Å². The zero-order valence-electron chi connectivity index (χ0n) is 30.3. The number of thioether (sulfide) groups is 1. The number of esters is 1. The Balaban J connectivity index is 0.00000406. The van der Waals surface area contributed by atoms with E-state index in [1.807, 2.05) is 6.07 Å². The van der Waals surface area contributed by atoms with E-state index in [-0.39, 0.29) is 106 Å². The second-order valence-corrected chi connectivity index (χ2v) is 14.6. The van der Waals surface area contributed by atoms with E-state index >= 15 is 4.39 Å². The number of carbonyl (C=O) groups is 1. The topological polar surface area (TPSA) is 172 Å². The van der Waals surface area contributed by atoms with Crippen molar-refractivity contribution in [2.45, 2.75) is 49.4 Å². The minimum atomic E-state index is -5.42. The Morgan fingerprint density at radius 1 is 1.13 bits per heavy atom. The van der Waals surface area contributed by atoms with Crippen molar-refractivity contribution in [3.8, 4) is 6.07 Å². The molecule has 1 aromatic heterocycles. The van der Waals surface area contributed by atoms with Crippen LogP contribution < -0.4 is 68.9 Å². The summed E-state index contributed by atoms with van der Waals surface area (Å²) < 4.78 is 79.3. The van der Waals surface area contributed by atoms with Gasteiger partial charge in [-0.2, -0.15) is 10.4 Å². The fourth-order valence-corrected chi connectivity index (χ4v) is 7.22. The number of aromatic nitrogens is 3. The van der Waals surface area contributed by atoms with Crippen LogP contribution in [0.2, 0.25) is 0 Å². The van der Waals surface area contributed by atoms with Crippen molar-refractivity contribution in [1.29, 1.82) is 5.26 Å². The Hall–Kier alpha value is -2.59. The van der Waals surface area contributed by atoms with Crippen LogP contribution in [0.1, 0.15) is 45.1 Å². The quantitative estimate of drug-likeness (QED) is 0.0668. The van der Waals surface area contributed by atoms with Crippen LogP contribution in [-0.4, -0.2) is 50.7 Å². The third kappa shape index (κ3) is 12.7. The molecule has 2 atom stereocenters. The molecular weight excluding hydrogens is 782 g/mol. The molecule has 1 aliphatic rings. The van der Waals surface area contributed by atoms with E-state index < -0.39 is 55.0 Å². The summed E-state index contributed by atoms with van der Waals surface area (Å²) in [5, 5.41) is 11.9. The van der Waals surface area contributed by atoms with Gasteiger partial charge in [-0.05, 0) is 61.4 Å². The summed E-state index contributed by atoms with van der Waals surface area (Å²) in [7, 11) is -5.42. The molecule has 1 aliphatic heterocycles. The van der Waals surface area contributed by atoms with Crippen LogP contribution in [-0.2, 0) is 42.1 Å². The first-order chi connectivity index (χ1) is 25.3. The van der Waals surface area contributed by atoms with Gasteiger partial charge in [-0.3, -0.25) is 0 Å². The molecule has 55 heavy (non-hydrogen) atoms. The Labute approximate surface area is 363 Å². The van der Waals surface area contributed by atoms with Gasteiger partial charge in [-0.1, -0.05) is 36.4 Å². The number of allylic oxidation sites excluding steroid dienone is 2. The number of halogens is 3. The van der Waals surface area contributed by atoms with Gasteiger partial charge >= 0.3 is 65.1 Å². The number of ether oxygens (including phenoxy) is 3. The fourth-order valence-electron chi connectivity index (χ4n) is 5.57. The predicted molar refractivity (Wildman–Crippen MR) is 183 cm³/mol. The molecule has 12 nitrogen and oxygen atoms in total. The van der Waals surface area contributed by atoms with Crippen molar-refractivity contribution in [1.82, 2.24) is 14.8 Å². The van der Waals surface area contributed by atoms with Gasteiger partial charge < -0.3 is 33.1 Å². The van der Waals surface area contributed by atoms with E-state index in [2.05, 4.69) is 14.6 Å². The van der Waals surface area contributed by atoms with E-state index in [1.165, 1.54) is 65.5 Å². The Bertz CT molecular complexity index is 2080. The smallest absolute Gasteiger partial charge is 0.790 e. The van der Waals surface area contributed by atoms with Crippen LogP contribution in [0.4, 0.5) is 13.2 Å². The first-order valence-electron chi connectivity index (χ1n) is 16.0. The molecular formula is C36H32F3N4Na2O8PS. The molecule has 278 valence electrons. The van der Waals surface area contributed by atoms with Gasteiger partial charge in [0.2, 0.25) is 0 Å². The minimum absolute atomic E-state index is 0. The summed E-state index contributed by atoms with van der Waals surface area (Å²) in [6, 6.07) is 13.3. The Morgan fingerprint density at radius 2 is 1.87 bits per heavy atom. The van der Waals surface area contributed by atoms with Crippen LogP contribution in [0.5, 0.6) is 0 Å². The maximum atomic E-state index is 15.8. The average Bonchev–Trinajstić information content (AvgIpc) is 3.63. The van der Waals surface area contributed by atoms with Crippen LogP contribution in [0.3, 0.4) is 0 Å². The molecule has 4 aromatic rings. The molecule has 19 heteroatoms. The molecule has 3 aromatic carbocycles. The molecule has 5 rings (SSSR count). The van der Waals surface area contributed by atoms with Gasteiger partial charge in [-0.25, -0.2) is 27.6 Å². The number of nitriles is 1. The summed E-state index contributed by atoms with van der Waals surface area (Å²) in [6.07, 6.45) is 8.19. The first-order valence-corrected chi connectivity index (χ1v) is 18.4. The second kappa shape index (κ2) is 21.2. The summed E-state index contributed by atoms with van der Waals surface area (Å²) in [4.78, 5) is 40.6. The SMILES string of the molecule is Cc1cccc(C(=O)O[C@@](Cn2cncn2)(c2ccc(F)cc2F)[C@@H](C)S[C@H]2CO[C@H](/C=C/C=C/c3ccc(C#N)cc3F)OC2)c1COP(=O)([O-])[O-].[Na+].[Na+]. The van der Waals surface area contributed by atoms with Gasteiger partial charge in [0.15, 0.2) is 11.9 Å². The average molecular weight is 815 g/mol. The third-order valence-electron chi connectivity index (χ3n) is 8.25. The number of hydrogen-bond acceptors (Lipinski definition) is 12. The maximum absolute atomic E-state index is 15.8. The molecule has 0 bridgehead atoms. The van der Waals surface area contributed by atoms with Gasteiger partial charge in [0.25, 0.3) is 0 Å². The fraction of sp³-hybridized carbons (Fsp3) is 0.278. The van der Waals surface area contributed by atoms with Crippen molar-refractivity contribution in [2.75, 3.05) is 13.2 Å². The monoisotopic (exact) mass is 814 g/mol. The third-order valence-corrected chi connectivity index (χ3v) is 10.1. The van der Waals surface area contributed by atoms with Crippen molar-refractivity contribution in [3.05, 3.63) is 136 Å². The molecule has 0 amide bonds. The molecule has 0 radical (unpaired) electrons. The maximum Gasteiger partial charge on any atom is 1.00 e. The van der Waals surface area contributed by atoms with Gasteiger partial charge in [0.1, 0.15) is 30.1 Å². The van der Waals surface area contributed by atoms with Crippen molar-refractivity contribution < 1.29 is 110 Å². The number of aryl methyl sites for hydroxylation is 1. The van der Waals surface area contributed by atoms with Crippen molar-refractivity contribution >= 4 is 31.6 Å². The van der Waals surface area contributed by atoms with Crippen LogP contribution in [0.15, 0.2) is 85.5 Å². The normalized spacial score (nSPS) is 17.5. The second-order valence-electron chi connectivity index (χ2n) is 11.8.